The van der Waals surface area contributed by atoms with Crippen molar-refractivity contribution in [2.24, 2.45) is 0 Å². The van der Waals surface area contributed by atoms with Gasteiger partial charge in [-0.05, 0) is 12.1 Å². The minimum Gasteiger partial charge on any atom is -0.506 e. The average molecular weight is 200 g/mol. The van der Waals surface area contributed by atoms with E-state index >= 15 is 0 Å². The molecule has 0 saturated carbocycles. The molecule has 4 heteroatoms. The second-order valence-corrected chi connectivity index (χ2v) is 3.59. The highest BCUT2D eigenvalue weighted by molar-refractivity contribution is 7.17. The van der Waals surface area contributed by atoms with Gasteiger partial charge < -0.3 is 5.11 Å². The normalized spacial score (nSPS) is 9.57. The average Bonchev–Trinajstić information content (AvgIpc) is 2.63. The van der Waals surface area contributed by atoms with E-state index in [0.29, 0.717) is 21.2 Å². The predicted molar refractivity (Wildman–Crippen MR) is 52.9 cm³/mol. The Morgan fingerprint density at radius 3 is 2.50 bits per heavy atom. The van der Waals surface area contributed by atoms with Crippen molar-refractivity contribution in [3.8, 4) is 17.9 Å². The van der Waals surface area contributed by atoms with Crippen molar-refractivity contribution in [2.45, 2.75) is 0 Å². The van der Waals surface area contributed by atoms with Gasteiger partial charge in [-0.25, -0.2) is 0 Å². The lowest BCUT2D eigenvalue weighted by Crippen LogP contribution is -1.78. The highest BCUT2D eigenvalue weighted by Crippen LogP contribution is 2.34. The Labute approximate surface area is 84.1 Å². The molecule has 1 heterocycles. The first kappa shape index (κ1) is 8.55. The number of nitrogens with zero attached hydrogens (tertiary/aromatic N) is 2. The summed E-state index contributed by atoms with van der Waals surface area (Å²) < 4.78 is 0.598. The first-order chi connectivity index (χ1) is 6.77. The summed E-state index contributed by atoms with van der Waals surface area (Å²) in [6, 6.07) is 6.99. The maximum atomic E-state index is 9.49. The number of phenols is 1. The van der Waals surface area contributed by atoms with Crippen molar-refractivity contribution < 1.29 is 5.11 Å². The van der Waals surface area contributed by atoms with Crippen LogP contribution in [0.15, 0.2) is 17.5 Å². The van der Waals surface area contributed by atoms with Gasteiger partial charge in [0.05, 0.1) is 21.9 Å². The summed E-state index contributed by atoms with van der Waals surface area (Å²) in [5, 5.41) is 29.3. The van der Waals surface area contributed by atoms with E-state index < -0.39 is 0 Å². The molecule has 1 aromatic carbocycles. The summed E-state index contributed by atoms with van der Waals surface area (Å²) in [5.41, 5.74) is 0.869. The largest absolute Gasteiger partial charge is 0.506 e. The number of phenolic OH excluding ortho intramolecular Hbond substituents is 1. The summed E-state index contributed by atoms with van der Waals surface area (Å²) in [6.07, 6.45) is 0. The molecule has 0 atom stereocenters. The van der Waals surface area contributed by atoms with Crippen LogP contribution in [0.1, 0.15) is 11.1 Å². The molecule has 0 saturated heterocycles. The van der Waals surface area contributed by atoms with Gasteiger partial charge in [-0.3, -0.25) is 0 Å². The van der Waals surface area contributed by atoms with Crippen molar-refractivity contribution in [1.29, 1.82) is 10.5 Å². The van der Waals surface area contributed by atoms with Crippen LogP contribution >= 0.6 is 11.3 Å². The van der Waals surface area contributed by atoms with Gasteiger partial charge in [-0.2, -0.15) is 10.5 Å². The molecular weight excluding hydrogens is 196 g/mol. The van der Waals surface area contributed by atoms with E-state index in [1.54, 1.807) is 5.38 Å². The Morgan fingerprint density at radius 1 is 1.14 bits per heavy atom. The van der Waals surface area contributed by atoms with Crippen molar-refractivity contribution in [1.82, 2.24) is 0 Å². The molecule has 2 aromatic rings. The summed E-state index contributed by atoms with van der Waals surface area (Å²) in [5.74, 6) is 0.116. The van der Waals surface area contributed by atoms with Crippen LogP contribution in [0.2, 0.25) is 0 Å². The van der Waals surface area contributed by atoms with Crippen LogP contribution in [-0.2, 0) is 0 Å². The van der Waals surface area contributed by atoms with Crippen LogP contribution in [0.5, 0.6) is 5.75 Å². The van der Waals surface area contributed by atoms with Crippen LogP contribution in [0.4, 0.5) is 0 Å². The summed E-state index contributed by atoms with van der Waals surface area (Å²) in [7, 11) is 0. The number of thiophene rings is 1. The quantitative estimate of drug-likeness (QED) is 0.709. The fraction of sp³-hybridized carbons (Fsp3) is 0. The van der Waals surface area contributed by atoms with E-state index in [-0.39, 0.29) is 5.75 Å². The lowest BCUT2D eigenvalue weighted by Gasteiger charge is -1.96. The fourth-order valence-electron chi connectivity index (χ4n) is 1.31. The maximum Gasteiger partial charge on any atom is 0.133 e. The Kier molecular flexibility index (Phi) is 1.85. The van der Waals surface area contributed by atoms with Crippen LogP contribution in [0, 0.1) is 22.7 Å². The smallest absolute Gasteiger partial charge is 0.133 e. The number of rotatable bonds is 0. The highest BCUT2D eigenvalue weighted by atomic mass is 32.1. The van der Waals surface area contributed by atoms with E-state index in [0.717, 1.165) is 0 Å². The summed E-state index contributed by atoms with van der Waals surface area (Å²) in [4.78, 5) is 0. The lowest BCUT2D eigenvalue weighted by atomic mass is 10.1. The zero-order valence-corrected chi connectivity index (χ0v) is 7.80. The molecule has 0 radical (unpaired) electrons. The molecule has 0 aliphatic heterocycles. The highest BCUT2D eigenvalue weighted by Gasteiger charge is 2.11. The molecule has 1 N–H and O–H groups in total. The monoisotopic (exact) mass is 200 g/mol. The number of benzene rings is 1. The van der Waals surface area contributed by atoms with Gasteiger partial charge in [-0.15, -0.1) is 11.3 Å². The first-order valence-corrected chi connectivity index (χ1v) is 4.69. The third-order valence-corrected chi connectivity index (χ3v) is 2.94. The van der Waals surface area contributed by atoms with Crippen LogP contribution < -0.4 is 0 Å². The third kappa shape index (κ3) is 1.02. The molecular formula is C10H4N2OS. The Morgan fingerprint density at radius 2 is 1.86 bits per heavy atom. The van der Waals surface area contributed by atoms with Crippen molar-refractivity contribution in [3.05, 3.63) is 28.6 Å². The molecule has 3 nitrogen and oxygen atoms in total. The SMILES string of the molecule is N#Cc1ccc(O)c2scc(C#N)c12. The van der Waals surface area contributed by atoms with Gasteiger partial charge >= 0.3 is 0 Å². The lowest BCUT2D eigenvalue weighted by molar-refractivity contribution is 0.482. The van der Waals surface area contributed by atoms with Crippen molar-refractivity contribution >= 4 is 21.4 Å². The summed E-state index contributed by atoms with van der Waals surface area (Å²) in [6.45, 7) is 0. The van der Waals surface area contributed by atoms with Crippen LogP contribution in [0.3, 0.4) is 0 Å². The Bertz CT molecular complexity index is 586. The molecule has 1 aromatic heterocycles. The van der Waals surface area contributed by atoms with Gasteiger partial charge in [0.1, 0.15) is 11.8 Å². The molecule has 0 amide bonds. The molecule has 0 spiro atoms. The number of nitriles is 2. The van der Waals surface area contributed by atoms with Gasteiger partial charge in [0, 0.05) is 10.8 Å². The van der Waals surface area contributed by atoms with Crippen molar-refractivity contribution in [2.75, 3.05) is 0 Å². The minimum absolute atomic E-state index is 0.116. The van der Waals surface area contributed by atoms with E-state index in [1.165, 1.54) is 23.5 Å². The molecule has 0 fully saturated rings. The number of hydrogen-bond acceptors (Lipinski definition) is 4. The van der Waals surface area contributed by atoms with E-state index in [9.17, 15) is 5.11 Å². The van der Waals surface area contributed by atoms with Crippen LogP contribution in [-0.4, -0.2) is 5.11 Å². The van der Waals surface area contributed by atoms with Crippen molar-refractivity contribution in [3.63, 3.8) is 0 Å². The van der Waals surface area contributed by atoms with E-state index in [4.69, 9.17) is 10.5 Å². The molecule has 66 valence electrons. The zero-order chi connectivity index (χ0) is 10.1. The third-order valence-electron chi connectivity index (χ3n) is 1.94. The first-order valence-electron chi connectivity index (χ1n) is 3.81. The fourth-order valence-corrected chi connectivity index (χ4v) is 2.24. The molecule has 2 rings (SSSR count). The topological polar surface area (TPSA) is 67.8 Å². The molecule has 0 unspecified atom stereocenters. The zero-order valence-electron chi connectivity index (χ0n) is 6.98. The molecule has 14 heavy (non-hydrogen) atoms. The van der Waals surface area contributed by atoms with E-state index in [2.05, 4.69) is 0 Å². The van der Waals surface area contributed by atoms with Gasteiger partial charge in [0.25, 0.3) is 0 Å². The molecule has 0 aliphatic rings. The number of hydrogen-bond donors (Lipinski definition) is 1. The Balaban J connectivity index is 3.00. The van der Waals surface area contributed by atoms with Gasteiger partial charge in [-0.1, -0.05) is 0 Å². The second-order valence-electron chi connectivity index (χ2n) is 2.71. The summed E-state index contributed by atoms with van der Waals surface area (Å²) >= 11 is 1.27. The minimum atomic E-state index is 0.116. The Hall–Kier alpha value is -2.04. The second kappa shape index (κ2) is 3.02. The van der Waals surface area contributed by atoms with Crippen LogP contribution in [0.25, 0.3) is 10.1 Å². The van der Waals surface area contributed by atoms with E-state index in [1.807, 2.05) is 12.1 Å². The maximum absolute atomic E-state index is 9.49. The number of aromatic hydroxyl groups is 1. The molecule has 0 aliphatic carbocycles. The molecule has 0 bridgehead atoms. The number of fused-ring (bicyclic) bond motifs is 1. The predicted octanol–water partition coefficient (Wildman–Crippen LogP) is 2.35. The standard InChI is InChI=1S/C10H4N2OS/c11-3-6-1-2-8(13)10-9(6)7(4-12)5-14-10/h1-2,5,13H. The van der Waals surface area contributed by atoms with Gasteiger partial charge in [0.2, 0.25) is 0 Å². The van der Waals surface area contributed by atoms with Gasteiger partial charge in [0.15, 0.2) is 0 Å².